The highest BCUT2D eigenvalue weighted by Crippen LogP contribution is 2.33. The van der Waals surface area contributed by atoms with Crippen LogP contribution in [0.3, 0.4) is 0 Å². The van der Waals surface area contributed by atoms with Gasteiger partial charge in [0.2, 0.25) is 0 Å². The summed E-state index contributed by atoms with van der Waals surface area (Å²) in [5.74, 6) is -2.66. The standard InChI is InChI=1S/C15H18FN3O2S.C14H18F3NS/c1-21-15(5-3-2-4-6-15)14(20)19-22-11-7-10(9-17)13(18)12(16)8-11;15-12-3-5-13(6-4-12)19-10-2-1-8-18-9-7-14(16,17)11-18/h7-8H,2-6,18H2,1H3,(H,19,20);3-6H,1-2,7-11H2. The third kappa shape index (κ3) is 10.1. The van der Waals surface area contributed by atoms with Crippen LogP contribution in [0.15, 0.2) is 46.2 Å². The van der Waals surface area contributed by atoms with Crippen LogP contribution in [0.4, 0.5) is 23.2 Å². The van der Waals surface area contributed by atoms with Crippen molar-refractivity contribution in [2.45, 2.75) is 72.7 Å². The summed E-state index contributed by atoms with van der Waals surface area (Å²) < 4.78 is 60.3. The molecule has 1 aliphatic heterocycles. The number of halogens is 4. The molecule has 1 saturated carbocycles. The number of amides is 1. The van der Waals surface area contributed by atoms with Gasteiger partial charge in [-0.3, -0.25) is 14.4 Å². The van der Waals surface area contributed by atoms with Crippen molar-refractivity contribution in [3.05, 3.63) is 53.6 Å². The molecule has 6 nitrogen and oxygen atoms in total. The molecule has 0 aromatic heterocycles. The average Bonchev–Trinajstić information content (AvgIpc) is 3.33. The Bertz CT molecular complexity index is 1190. The molecule has 0 radical (unpaired) electrons. The van der Waals surface area contributed by atoms with E-state index in [1.54, 1.807) is 23.9 Å². The van der Waals surface area contributed by atoms with Gasteiger partial charge < -0.3 is 10.5 Å². The highest BCUT2D eigenvalue weighted by Gasteiger charge is 2.40. The first-order valence-electron chi connectivity index (χ1n) is 13.6. The Balaban J connectivity index is 0.000000228. The van der Waals surface area contributed by atoms with Gasteiger partial charge in [-0.15, -0.1) is 11.8 Å². The summed E-state index contributed by atoms with van der Waals surface area (Å²) in [7, 11) is 1.53. The van der Waals surface area contributed by atoms with Gasteiger partial charge in [-0.05, 0) is 86.3 Å². The Hall–Kier alpha value is -2.46. The summed E-state index contributed by atoms with van der Waals surface area (Å²) in [6.45, 7) is 1.18. The average molecular weight is 613 g/mol. The van der Waals surface area contributed by atoms with Crippen molar-refractivity contribution in [2.24, 2.45) is 0 Å². The van der Waals surface area contributed by atoms with Crippen molar-refractivity contribution in [2.75, 3.05) is 38.2 Å². The van der Waals surface area contributed by atoms with Crippen molar-refractivity contribution in [1.82, 2.24) is 9.62 Å². The van der Waals surface area contributed by atoms with Crippen LogP contribution in [0.25, 0.3) is 0 Å². The molecular formula is C29H36F4N4O2S2. The van der Waals surface area contributed by atoms with E-state index in [0.29, 0.717) is 24.3 Å². The van der Waals surface area contributed by atoms with Gasteiger partial charge in [0, 0.05) is 29.9 Å². The first-order valence-corrected chi connectivity index (χ1v) is 15.4. The van der Waals surface area contributed by atoms with Crippen LogP contribution in [0, 0.1) is 23.0 Å². The lowest BCUT2D eigenvalue weighted by molar-refractivity contribution is -0.145. The molecule has 4 rings (SSSR count). The Labute approximate surface area is 247 Å². The summed E-state index contributed by atoms with van der Waals surface area (Å²) in [4.78, 5) is 15.7. The summed E-state index contributed by atoms with van der Waals surface area (Å²) in [5.41, 5.74) is 4.52. The number of unbranched alkanes of at least 4 members (excludes halogenated alkanes) is 1. The number of ether oxygens (including phenoxy) is 1. The highest BCUT2D eigenvalue weighted by molar-refractivity contribution is 7.99. The molecule has 0 unspecified atom stereocenters. The number of carbonyl (C=O) groups is 1. The second-order valence-electron chi connectivity index (χ2n) is 10.2. The number of benzene rings is 2. The van der Waals surface area contributed by atoms with E-state index in [9.17, 15) is 22.4 Å². The molecule has 2 aromatic rings. The van der Waals surface area contributed by atoms with Crippen LogP contribution in [0.5, 0.6) is 0 Å². The van der Waals surface area contributed by atoms with Gasteiger partial charge in [-0.2, -0.15) is 5.26 Å². The third-order valence-electron chi connectivity index (χ3n) is 7.15. The smallest absolute Gasteiger partial charge is 0.262 e. The van der Waals surface area contributed by atoms with E-state index in [1.165, 1.54) is 31.4 Å². The number of nitrogens with one attached hydrogen (secondary N) is 1. The number of hydrogen-bond donors (Lipinski definition) is 2. The molecule has 0 bridgehead atoms. The summed E-state index contributed by atoms with van der Waals surface area (Å²) in [6.07, 6.45) is 6.26. The first kappa shape index (κ1) is 33.0. The van der Waals surface area contributed by atoms with Gasteiger partial charge in [0.05, 0.1) is 17.8 Å². The van der Waals surface area contributed by atoms with Gasteiger partial charge >= 0.3 is 0 Å². The number of nitrogens with zero attached hydrogens (tertiary/aromatic N) is 2. The fourth-order valence-electron chi connectivity index (χ4n) is 4.75. The van der Waals surface area contributed by atoms with Crippen molar-refractivity contribution in [3.63, 3.8) is 0 Å². The number of likely N-dealkylation sites (tertiary alicyclic amines) is 1. The van der Waals surface area contributed by atoms with Crippen molar-refractivity contribution >= 4 is 35.3 Å². The van der Waals surface area contributed by atoms with E-state index >= 15 is 0 Å². The monoisotopic (exact) mass is 612 g/mol. The zero-order valence-electron chi connectivity index (χ0n) is 23.1. The lowest BCUT2D eigenvalue weighted by Gasteiger charge is -2.34. The van der Waals surface area contributed by atoms with E-state index in [0.717, 1.165) is 61.2 Å². The zero-order valence-corrected chi connectivity index (χ0v) is 24.7. The summed E-state index contributed by atoms with van der Waals surface area (Å²) >= 11 is 2.64. The number of anilines is 1. The maximum absolute atomic E-state index is 13.6. The van der Waals surface area contributed by atoms with E-state index in [2.05, 4.69) is 4.72 Å². The third-order valence-corrected chi connectivity index (χ3v) is 9.01. The molecule has 12 heteroatoms. The Morgan fingerprint density at radius 3 is 2.41 bits per heavy atom. The Morgan fingerprint density at radius 1 is 1.10 bits per heavy atom. The zero-order chi connectivity index (χ0) is 29.9. The quantitative estimate of drug-likeness (QED) is 0.100. The summed E-state index contributed by atoms with van der Waals surface area (Å²) in [5, 5.41) is 8.91. The maximum atomic E-state index is 13.6. The number of rotatable bonds is 10. The number of nitrogens with two attached hydrogens (primary N) is 1. The molecular weight excluding hydrogens is 576 g/mol. The fourth-order valence-corrected chi connectivity index (χ4v) is 6.39. The van der Waals surface area contributed by atoms with Gasteiger partial charge in [0.15, 0.2) is 0 Å². The lowest BCUT2D eigenvalue weighted by atomic mass is 9.84. The molecule has 0 atom stereocenters. The molecule has 224 valence electrons. The predicted octanol–water partition coefficient (Wildman–Crippen LogP) is 6.79. The minimum Gasteiger partial charge on any atom is -0.395 e. The number of nitrogen functional groups attached to an aromatic ring is 1. The van der Waals surface area contributed by atoms with Gasteiger partial charge in [-0.1, -0.05) is 19.3 Å². The second-order valence-corrected chi connectivity index (χ2v) is 12.2. The van der Waals surface area contributed by atoms with E-state index in [4.69, 9.17) is 15.7 Å². The molecule has 0 spiro atoms. The van der Waals surface area contributed by atoms with E-state index < -0.39 is 17.3 Å². The molecule has 41 heavy (non-hydrogen) atoms. The molecule has 2 aromatic carbocycles. The van der Waals surface area contributed by atoms with Crippen LogP contribution < -0.4 is 10.5 Å². The van der Waals surface area contributed by atoms with E-state index in [-0.39, 0.29) is 35.9 Å². The molecule has 1 saturated heterocycles. The topological polar surface area (TPSA) is 91.4 Å². The van der Waals surface area contributed by atoms with Crippen LogP contribution >= 0.6 is 23.7 Å². The van der Waals surface area contributed by atoms with Crippen LogP contribution in [-0.4, -0.2) is 54.8 Å². The largest absolute Gasteiger partial charge is 0.395 e. The molecule has 1 aliphatic carbocycles. The molecule has 2 fully saturated rings. The highest BCUT2D eigenvalue weighted by atomic mass is 32.2. The summed E-state index contributed by atoms with van der Waals surface area (Å²) in [6, 6.07) is 10.9. The minimum absolute atomic E-state index is 0.00265. The molecule has 1 amide bonds. The molecule has 2 aliphatic rings. The molecule has 3 N–H and O–H groups in total. The number of methoxy groups -OCH3 is 1. The minimum atomic E-state index is -2.48. The molecule has 1 heterocycles. The Kier molecular flexibility index (Phi) is 12.6. The van der Waals surface area contributed by atoms with Crippen molar-refractivity contribution < 1.29 is 27.1 Å². The van der Waals surface area contributed by atoms with Crippen LogP contribution in [0.1, 0.15) is 56.9 Å². The number of hydrogen-bond acceptors (Lipinski definition) is 7. The van der Waals surface area contributed by atoms with E-state index in [1.807, 2.05) is 11.0 Å². The van der Waals surface area contributed by atoms with Crippen LogP contribution in [-0.2, 0) is 9.53 Å². The normalized spacial score (nSPS) is 17.8. The predicted molar refractivity (Wildman–Crippen MR) is 155 cm³/mol. The Morgan fingerprint density at radius 2 is 1.80 bits per heavy atom. The van der Waals surface area contributed by atoms with Crippen molar-refractivity contribution in [1.29, 1.82) is 5.26 Å². The number of alkyl halides is 2. The SMILES string of the molecule is COC1(C(=O)NSc2cc(F)c(N)c(C#N)c2)CCCCC1.Fc1ccc(SCCCCN2CCC(F)(F)C2)cc1. The van der Waals surface area contributed by atoms with Crippen LogP contribution in [0.2, 0.25) is 0 Å². The van der Waals surface area contributed by atoms with Gasteiger partial charge in [0.1, 0.15) is 23.3 Å². The van der Waals surface area contributed by atoms with Gasteiger partial charge in [0.25, 0.3) is 11.8 Å². The number of thioether (sulfide) groups is 1. The fraction of sp³-hybridized carbons (Fsp3) is 0.517. The first-order chi connectivity index (χ1) is 19.6. The lowest BCUT2D eigenvalue weighted by Crippen LogP contribution is -2.47. The van der Waals surface area contributed by atoms with Gasteiger partial charge in [-0.25, -0.2) is 17.6 Å². The number of carbonyl (C=O) groups excluding carboxylic acids is 1. The maximum Gasteiger partial charge on any atom is 0.262 e. The second kappa shape index (κ2) is 15.7. The number of nitriles is 1. The van der Waals surface area contributed by atoms with Crippen molar-refractivity contribution in [3.8, 4) is 6.07 Å².